The van der Waals surface area contributed by atoms with Crippen LogP contribution in [0.5, 0.6) is 0 Å². The van der Waals surface area contributed by atoms with Crippen molar-refractivity contribution >= 4 is 27.8 Å². The first-order valence-corrected chi connectivity index (χ1v) is 8.34. The maximum atomic E-state index is 4.63. The van der Waals surface area contributed by atoms with Crippen LogP contribution in [-0.4, -0.2) is 31.7 Å². The minimum Gasteiger partial charge on any atom is -0.371 e. The van der Waals surface area contributed by atoms with E-state index in [1.165, 1.54) is 16.3 Å². The Kier molecular flexibility index (Phi) is 4.41. The molecule has 1 aliphatic heterocycles. The zero-order valence-corrected chi connectivity index (χ0v) is 13.5. The van der Waals surface area contributed by atoms with Gasteiger partial charge < -0.3 is 15.1 Å². The predicted molar refractivity (Wildman–Crippen MR) is 90.8 cm³/mol. The molecule has 0 unspecified atom stereocenters. The number of aromatic nitrogens is 1. The molecule has 1 N–H and O–H groups in total. The summed E-state index contributed by atoms with van der Waals surface area (Å²) in [5, 5.41) is 4.54. The van der Waals surface area contributed by atoms with Gasteiger partial charge in [-0.25, -0.2) is 4.98 Å². The Morgan fingerprint density at radius 3 is 2.86 bits per heavy atom. The molecule has 0 amide bonds. The number of fused-ring (bicyclic) bond motifs is 1. The lowest BCUT2D eigenvalue weighted by atomic mass is 10.2. The van der Waals surface area contributed by atoms with Crippen molar-refractivity contribution in [3.8, 4) is 0 Å². The fourth-order valence-electron chi connectivity index (χ4n) is 2.60. The molecular formula is C16H22N4S. The number of rotatable bonds is 5. The summed E-state index contributed by atoms with van der Waals surface area (Å²) in [5.74, 6) is 0. The Morgan fingerprint density at radius 1 is 1.24 bits per heavy atom. The van der Waals surface area contributed by atoms with Crippen molar-refractivity contribution in [1.82, 2.24) is 10.3 Å². The molecule has 4 nitrogen and oxygen atoms in total. The fraction of sp³-hybridized carbons (Fsp3) is 0.438. The van der Waals surface area contributed by atoms with Gasteiger partial charge >= 0.3 is 0 Å². The standard InChI is InChI=1S/C16H22N4S/c1-3-8-17-11-13-12-18-16(21-13)20-10-9-19(2)14-6-4-5-7-15(14)20/h4-7,12,17H,3,8-11H2,1-2H3. The predicted octanol–water partition coefficient (Wildman–Crippen LogP) is 3.23. The molecule has 1 aromatic carbocycles. The SMILES string of the molecule is CCCNCc1cnc(N2CCN(C)c3ccccc32)s1. The van der Waals surface area contributed by atoms with E-state index < -0.39 is 0 Å². The van der Waals surface area contributed by atoms with Crippen molar-refractivity contribution in [3.63, 3.8) is 0 Å². The van der Waals surface area contributed by atoms with Gasteiger partial charge in [-0.15, -0.1) is 11.3 Å². The highest BCUT2D eigenvalue weighted by Crippen LogP contribution is 2.38. The maximum absolute atomic E-state index is 4.63. The van der Waals surface area contributed by atoms with Crippen molar-refractivity contribution < 1.29 is 0 Å². The maximum Gasteiger partial charge on any atom is 0.190 e. The molecule has 0 spiro atoms. The third-order valence-corrected chi connectivity index (χ3v) is 4.76. The molecule has 0 atom stereocenters. The number of benzene rings is 1. The monoisotopic (exact) mass is 302 g/mol. The van der Waals surface area contributed by atoms with Gasteiger partial charge in [0.2, 0.25) is 0 Å². The van der Waals surface area contributed by atoms with Gasteiger partial charge in [-0.3, -0.25) is 0 Å². The first-order chi connectivity index (χ1) is 10.3. The van der Waals surface area contributed by atoms with Crippen molar-refractivity contribution in [2.75, 3.05) is 36.5 Å². The average Bonchev–Trinajstić information content (AvgIpc) is 2.97. The Morgan fingerprint density at radius 2 is 2.05 bits per heavy atom. The quantitative estimate of drug-likeness (QED) is 0.859. The zero-order valence-electron chi connectivity index (χ0n) is 12.7. The highest BCUT2D eigenvalue weighted by atomic mass is 32.1. The molecule has 2 heterocycles. The van der Waals surface area contributed by atoms with Crippen LogP contribution in [0.1, 0.15) is 18.2 Å². The second-order valence-corrected chi connectivity index (χ2v) is 6.44. The molecule has 0 radical (unpaired) electrons. The van der Waals surface area contributed by atoms with Crippen molar-refractivity contribution in [1.29, 1.82) is 0 Å². The van der Waals surface area contributed by atoms with Gasteiger partial charge in [-0.1, -0.05) is 19.1 Å². The Hall–Kier alpha value is -1.59. The second kappa shape index (κ2) is 6.45. The van der Waals surface area contributed by atoms with Gasteiger partial charge in [-0.05, 0) is 25.1 Å². The minimum atomic E-state index is 0.918. The molecular weight excluding hydrogens is 280 g/mol. The summed E-state index contributed by atoms with van der Waals surface area (Å²) in [5.41, 5.74) is 2.54. The molecule has 0 saturated carbocycles. The van der Waals surface area contributed by atoms with Crippen LogP contribution in [-0.2, 0) is 6.54 Å². The van der Waals surface area contributed by atoms with E-state index in [1.807, 2.05) is 6.20 Å². The molecule has 1 aliphatic rings. The Labute approximate surface area is 130 Å². The topological polar surface area (TPSA) is 31.4 Å². The van der Waals surface area contributed by atoms with Crippen molar-refractivity contribution in [2.45, 2.75) is 19.9 Å². The molecule has 2 aromatic rings. The van der Waals surface area contributed by atoms with E-state index in [0.29, 0.717) is 0 Å². The first-order valence-electron chi connectivity index (χ1n) is 7.52. The molecule has 0 fully saturated rings. The summed E-state index contributed by atoms with van der Waals surface area (Å²) in [6.07, 6.45) is 3.17. The molecule has 0 bridgehead atoms. The normalized spacial score (nSPS) is 14.4. The van der Waals surface area contributed by atoms with Crippen molar-refractivity contribution in [2.24, 2.45) is 0 Å². The van der Waals surface area contributed by atoms with E-state index in [9.17, 15) is 0 Å². The summed E-state index contributed by atoms with van der Waals surface area (Å²) in [4.78, 5) is 10.6. The van der Waals surface area contributed by atoms with E-state index >= 15 is 0 Å². The van der Waals surface area contributed by atoms with E-state index in [1.54, 1.807) is 11.3 Å². The fourth-order valence-corrected chi connectivity index (χ4v) is 3.52. The number of hydrogen-bond acceptors (Lipinski definition) is 5. The van der Waals surface area contributed by atoms with E-state index in [4.69, 9.17) is 0 Å². The molecule has 21 heavy (non-hydrogen) atoms. The van der Waals surface area contributed by atoms with Crippen LogP contribution in [0.4, 0.5) is 16.5 Å². The van der Waals surface area contributed by atoms with Gasteiger partial charge in [0, 0.05) is 37.8 Å². The van der Waals surface area contributed by atoms with E-state index in [2.05, 4.69) is 58.3 Å². The van der Waals surface area contributed by atoms with E-state index in [-0.39, 0.29) is 0 Å². The van der Waals surface area contributed by atoms with Crippen LogP contribution in [0, 0.1) is 0 Å². The number of hydrogen-bond donors (Lipinski definition) is 1. The summed E-state index contributed by atoms with van der Waals surface area (Å²) >= 11 is 1.79. The third kappa shape index (κ3) is 3.04. The minimum absolute atomic E-state index is 0.918. The largest absolute Gasteiger partial charge is 0.371 e. The molecule has 0 aliphatic carbocycles. The number of thiazole rings is 1. The number of likely N-dealkylation sites (N-methyl/N-ethyl adjacent to an activating group) is 1. The molecule has 0 saturated heterocycles. The van der Waals surface area contributed by atoms with Gasteiger partial charge in [0.25, 0.3) is 0 Å². The summed E-state index contributed by atoms with van der Waals surface area (Å²) < 4.78 is 0. The number of para-hydroxylation sites is 2. The molecule has 1 aromatic heterocycles. The van der Waals surface area contributed by atoms with Gasteiger partial charge in [0.05, 0.1) is 11.4 Å². The summed E-state index contributed by atoms with van der Waals surface area (Å²) in [6, 6.07) is 8.56. The van der Waals surface area contributed by atoms with Gasteiger partial charge in [0.15, 0.2) is 5.13 Å². The highest BCUT2D eigenvalue weighted by Gasteiger charge is 2.22. The lowest BCUT2D eigenvalue weighted by Gasteiger charge is -2.35. The first kappa shape index (κ1) is 14.4. The van der Waals surface area contributed by atoms with Crippen LogP contribution < -0.4 is 15.1 Å². The summed E-state index contributed by atoms with van der Waals surface area (Å²) in [6.45, 7) is 6.18. The van der Waals surface area contributed by atoms with E-state index in [0.717, 1.165) is 37.7 Å². The Bertz CT molecular complexity index is 595. The smallest absolute Gasteiger partial charge is 0.190 e. The molecule has 5 heteroatoms. The zero-order chi connectivity index (χ0) is 14.7. The van der Waals surface area contributed by atoms with Gasteiger partial charge in [0.1, 0.15) is 0 Å². The second-order valence-electron chi connectivity index (χ2n) is 5.35. The van der Waals surface area contributed by atoms with Crippen LogP contribution in [0.15, 0.2) is 30.5 Å². The van der Waals surface area contributed by atoms with Crippen LogP contribution in [0.3, 0.4) is 0 Å². The highest BCUT2D eigenvalue weighted by molar-refractivity contribution is 7.15. The Balaban J connectivity index is 1.80. The summed E-state index contributed by atoms with van der Waals surface area (Å²) in [7, 11) is 2.15. The average molecular weight is 302 g/mol. The van der Waals surface area contributed by atoms with Crippen LogP contribution in [0.2, 0.25) is 0 Å². The molecule has 112 valence electrons. The molecule has 3 rings (SSSR count). The number of anilines is 3. The van der Waals surface area contributed by atoms with Crippen LogP contribution in [0.25, 0.3) is 0 Å². The lowest BCUT2D eigenvalue weighted by Crippen LogP contribution is -2.36. The third-order valence-electron chi connectivity index (χ3n) is 3.74. The van der Waals surface area contributed by atoms with Crippen molar-refractivity contribution in [3.05, 3.63) is 35.3 Å². The number of nitrogens with one attached hydrogen (secondary N) is 1. The van der Waals surface area contributed by atoms with Crippen LogP contribution >= 0.6 is 11.3 Å². The van der Waals surface area contributed by atoms with Gasteiger partial charge in [-0.2, -0.15) is 0 Å². The number of nitrogens with zero attached hydrogens (tertiary/aromatic N) is 3. The lowest BCUT2D eigenvalue weighted by molar-refractivity contribution is 0.681.